The summed E-state index contributed by atoms with van der Waals surface area (Å²) in [7, 11) is 0. The lowest BCUT2D eigenvalue weighted by atomic mass is 9.64. The van der Waals surface area contributed by atoms with Crippen molar-refractivity contribution in [1.82, 2.24) is 9.88 Å². The highest BCUT2D eigenvalue weighted by atomic mass is 16.3. The van der Waals surface area contributed by atoms with E-state index in [1.54, 1.807) is 0 Å². The van der Waals surface area contributed by atoms with Gasteiger partial charge in [-0.1, -0.05) is 29.8 Å². The Morgan fingerprint density at radius 2 is 2.23 bits per heavy atom. The normalized spacial score (nSPS) is 37.7. The van der Waals surface area contributed by atoms with E-state index in [1.165, 1.54) is 27.7 Å². The van der Waals surface area contributed by atoms with Gasteiger partial charge in [0.25, 0.3) is 0 Å². The second kappa shape index (κ2) is 4.46. The Hall–Kier alpha value is -1.58. The first kappa shape index (κ1) is 12.9. The summed E-state index contributed by atoms with van der Waals surface area (Å²) in [5.41, 5.74) is 5.74. The Balaban J connectivity index is 1.69. The molecule has 22 heavy (non-hydrogen) atoms. The Labute approximate surface area is 130 Å². The quantitative estimate of drug-likeness (QED) is 0.794. The number of aromatic amines is 1. The summed E-state index contributed by atoms with van der Waals surface area (Å²) in [6, 6.07) is 9.68. The molecule has 5 atom stereocenters. The van der Waals surface area contributed by atoms with Crippen LogP contribution in [0.5, 0.6) is 0 Å². The van der Waals surface area contributed by atoms with Crippen LogP contribution in [0.15, 0.2) is 35.9 Å². The number of benzene rings is 1. The van der Waals surface area contributed by atoms with E-state index in [2.05, 4.69) is 47.1 Å². The van der Waals surface area contributed by atoms with Crippen LogP contribution in [0.4, 0.5) is 0 Å². The minimum absolute atomic E-state index is 0.313. The predicted molar refractivity (Wildman–Crippen MR) is 87.7 cm³/mol. The van der Waals surface area contributed by atoms with E-state index >= 15 is 0 Å². The van der Waals surface area contributed by atoms with Gasteiger partial charge < -0.3 is 10.1 Å². The zero-order valence-corrected chi connectivity index (χ0v) is 12.9. The molecule has 1 aromatic heterocycles. The van der Waals surface area contributed by atoms with E-state index in [-0.39, 0.29) is 0 Å². The Kier molecular flexibility index (Phi) is 2.62. The minimum Gasteiger partial charge on any atom is -0.396 e. The van der Waals surface area contributed by atoms with Gasteiger partial charge in [0.1, 0.15) is 0 Å². The maximum absolute atomic E-state index is 9.99. The molecule has 0 saturated carbocycles. The summed E-state index contributed by atoms with van der Waals surface area (Å²) in [6.45, 7) is 3.55. The lowest BCUT2D eigenvalue weighted by Crippen LogP contribution is -2.60. The van der Waals surface area contributed by atoms with E-state index in [1.807, 2.05) is 0 Å². The van der Waals surface area contributed by atoms with Gasteiger partial charge in [-0.3, -0.25) is 4.90 Å². The average molecular weight is 294 g/mol. The third-order valence-electron chi connectivity index (χ3n) is 6.33. The van der Waals surface area contributed by atoms with Crippen LogP contribution in [0.25, 0.3) is 10.9 Å². The van der Waals surface area contributed by atoms with Crippen LogP contribution in [0.2, 0.25) is 0 Å². The molecule has 114 valence electrons. The summed E-state index contributed by atoms with van der Waals surface area (Å²) in [6.07, 6.45) is 4.51. The van der Waals surface area contributed by atoms with Gasteiger partial charge >= 0.3 is 0 Å². The van der Waals surface area contributed by atoms with E-state index in [9.17, 15) is 5.11 Å². The van der Waals surface area contributed by atoms with Crippen molar-refractivity contribution in [3.63, 3.8) is 0 Å². The highest BCUT2D eigenvalue weighted by Crippen LogP contribution is 2.53. The van der Waals surface area contributed by atoms with Gasteiger partial charge in [-0.15, -0.1) is 0 Å². The number of H-pyrrole nitrogens is 1. The smallest absolute Gasteiger partial charge is 0.0514 e. The molecule has 0 spiro atoms. The molecule has 3 nitrogen and oxygen atoms in total. The Bertz CT molecular complexity index is 775. The number of allylic oxidation sites excluding steroid dienone is 1. The van der Waals surface area contributed by atoms with Crippen LogP contribution < -0.4 is 0 Å². The molecule has 3 heteroatoms. The number of nitrogens with zero attached hydrogens (tertiary/aromatic N) is 1. The van der Waals surface area contributed by atoms with Crippen LogP contribution >= 0.6 is 0 Å². The second-order valence-corrected chi connectivity index (χ2v) is 7.07. The van der Waals surface area contributed by atoms with Crippen molar-refractivity contribution in [3.8, 4) is 0 Å². The molecule has 0 radical (unpaired) electrons. The molecular weight excluding hydrogens is 272 g/mol. The van der Waals surface area contributed by atoms with E-state index in [0.29, 0.717) is 30.5 Å². The van der Waals surface area contributed by atoms with Crippen LogP contribution in [-0.2, 0) is 6.42 Å². The van der Waals surface area contributed by atoms with Gasteiger partial charge in [0.15, 0.2) is 0 Å². The molecule has 3 unspecified atom stereocenters. The van der Waals surface area contributed by atoms with Crippen molar-refractivity contribution in [2.75, 3.05) is 13.2 Å². The summed E-state index contributed by atoms with van der Waals surface area (Å²) in [5.74, 6) is 0.965. The fraction of sp³-hybridized carbons (Fsp3) is 0.474. The molecule has 4 aliphatic heterocycles. The van der Waals surface area contributed by atoms with Crippen LogP contribution in [0, 0.1) is 11.8 Å². The predicted octanol–water partition coefficient (Wildman–Crippen LogP) is 3.02. The maximum atomic E-state index is 9.99. The highest BCUT2D eigenvalue weighted by Gasteiger charge is 2.52. The number of piperidine rings is 3. The number of aliphatic hydroxyl groups is 1. The molecule has 0 amide bonds. The fourth-order valence-electron chi connectivity index (χ4n) is 5.32. The Morgan fingerprint density at radius 3 is 3.05 bits per heavy atom. The van der Waals surface area contributed by atoms with E-state index < -0.39 is 0 Å². The second-order valence-electron chi connectivity index (χ2n) is 7.07. The topological polar surface area (TPSA) is 39.3 Å². The minimum atomic E-state index is 0.313. The van der Waals surface area contributed by atoms with Gasteiger partial charge in [-0.05, 0) is 37.3 Å². The van der Waals surface area contributed by atoms with Gasteiger partial charge in [-0.2, -0.15) is 0 Å². The van der Waals surface area contributed by atoms with Gasteiger partial charge in [-0.25, -0.2) is 0 Å². The number of para-hydroxylation sites is 1. The first-order valence-corrected chi connectivity index (χ1v) is 8.43. The molecule has 4 aliphatic rings. The monoisotopic (exact) mass is 294 g/mol. The van der Waals surface area contributed by atoms with Crippen molar-refractivity contribution < 1.29 is 5.11 Å². The molecule has 2 aromatic rings. The summed E-state index contributed by atoms with van der Waals surface area (Å²) in [5, 5.41) is 11.4. The molecule has 1 aromatic carbocycles. The van der Waals surface area contributed by atoms with Crippen LogP contribution in [-0.4, -0.2) is 34.2 Å². The molecule has 3 fully saturated rings. The van der Waals surface area contributed by atoms with Crippen molar-refractivity contribution in [3.05, 3.63) is 47.2 Å². The number of aromatic nitrogens is 1. The number of fused-ring (bicyclic) bond motifs is 4. The van der Waals surface area contributed by atoms with Crippen molar-refractivity contribution >= 4 is 10.9 Å². The molecule has 6 rings (SSSR count). The van der Waals surface area contributed by atoms with Gasteiger partial charge in [0.05, 0.1) is 6.04 Å². The molecular formula is C19H22N2O. The average Bonchev–Trinajstić information content (AvgIpc) is 2.93. The number of aliphatic hydroxyl groups excluding tert-OH is 1. The first-order valence-electron chi connectivity index (χ1n) is 8.43. The van der Waals surface area contributed by atoms with Gasteiger partial charge in [0.2, 0.25) is 0 Å². The van der Waals surface area contributed by atoms with E-state index in [4.69, 9.17) is 0 Å². The molecule has 2 N–H and O–H groups in total. The van der Waals surface area contributed by atoms with Crippen molar-refractivity contribution in [2.24, 2.45) is 11.8 Å². The van der Waals surface area contributed by atoms with E-state index in [0.717, 1.165) is 19.4 Å². The first-order chi connectivity index (χ1) is 10.8. The number of hydrogen-bond donors (Lipinski definition) is 2. The maximum Gasteiger partial charge on any atom is 0.0514 e. The SMILES string of the molecule is C/C=C1/CN2C3Cc4c([nH]c5ccccc45)[C@H]2CC1[C@@H]3CO. The number of nitrogens with one attached hydrogen (secondary N) is 1. The number of rotatable bonds is 1. The third-order valence-corrected chi connectivity index (χ3v) is 6.33. The molecule has 3 saturated heterocycles. The molecule has 4 bridgehead atoms. The Morgan fingerprint density at radius 1 is 1.36 bits per heavy atom. The fourth-order valence-corrected chi connectivity index (χ4v) is 5.32. The van der Waals surface area contributed by atoms with Crippen molar-refractivity contribution in [2.45, 2.75) is 31.8 Å². The van der Waals surface area contributed by atoms with Crippen LogP contribution in [0.3, 0.4) is 0 Å². The third kappa shape index (κ3) is 1.48. The highest BCUT2D eigenvalue weighted by molar-refractivity contribution is 5.85. The summed E-state index contributed by atoms with van der Waals surface area (Å²) < 4.78 is 0. The lowest BCUT2D eigenvalue weighted by molar-refractivity contribution is -0.0503. The summed E-state index contributed by atoms with van der Waals surface area (Å²) in [4.78, 5) is 6.35. The van der Waals surface area contributed by atoms with Crippen LogP contribution in [0.1, 0.15) is 30.6 Å². The zero-order chi connectivity index (χ0) is 14.8. The standard InChI is InChI=1S/C19H22N2O/c1-2-11-9-21-17-8-14-12-5-3-4-6-16(12)20-19(14)18(21)7-13(11)15(17)10-22/h2-6,13,15,17-18,20,22H,7-10H2,1H3/b11-2-/t13?,15-,17?,18+/m0/s1. The summed E-state index contributed by atoms with van der Waals surface area (Å²) >= 11 is 0. The number of hydrogen-bond acceptors (Lipinski definition) is 2. The molecule has 0 aliphatic carbocycles. The van der Waals surface area contributed by atoms with Crippen molar-refractivity contribution in [1.29, 1.82) is 0 Å². The molecule has 5 heterocycles. The lowest BCUT2D eigenvalue weighted by Gasteiger charge is -2.58. The largest absolute Gasteiger partial charge is 0.396 e. The zero-order valence-electron chi connectivity index (χ0n) is 12.9. The van der Waals surface area contributed by atoms with Gasteiger partial charge in [0, 0.05) is 41.7 Å².